The van der Waals surface area contributed by atoms with E-state index in [4.69, 9.17) is 4.42 Å². The fourth-order valence-electron chi connectivity index (χ4n) is 11.0. The van der Waals surface area contributed by atoms with Crippen molar-refractivity contribution in [2.24, 2.45) is 0 Å². The van der Waals surface area contributed by atoms with Crippen LogP contribution in [0.15, 0.2) is 271 Å². The number of para-hydroxylation sites is 5. The number of aromatic nitrogens is 1. The van der Waals surface area contributed by atoms with Crippen LogP contribution in [0.2, 0.25) is 0 Å². The quantitative estimate of drug-likeness (QED) is 0.142. The zero-order chi connectivity index (χ0) is 46.8. The van der Waals surface area contributed by atoms with Gasteiger partial charge in [-0.25, -0.2) is 0 Å². The van der Waals surface area contributed by atoms with Gasteiger partial charge in [-0.3, -0.25) is 0 Å². The molecule has 0 aliphatic carbocycles. The molecule has 0 N–H and O–H groups in total. The maximum absolute atomic E-state index is 6.44. The van der Waals surface area contributed by atoms with E-state index in [2.05, 4.69) is 264 Å². The Labute approximate surface area is 411 Å². The highest BCUT2D eigenvalue weighted by atomic mass is 16.3. The van der Waals surface area contributed by atoms with E-state index in [1.165, 1.54) is 54.5 Å². The van der Waals surface area contributed by atoms with Gasteiger partial charge in [0, 0.05) is 44.0 Å². The standard InChI is InChI=1S/C68H44N2O/c1-2-17-55-48(14-1)32-33-50-42-51(36-40-56(50)55)57-18-3-8-23-63(57)69(64-24-9-4-19-58(64)52-37-41-62-61-22-7-12-27-67(61)71-68(62)44-52)53-38-34-46(35-39-53)45-28-30-47(31-29-45)49-15-13-16-54(43-49)70-65-25-10-5-20-59(65)60-21-6-11-26-66(60)70/h1-44H. The molecule has 0 aliphatic heterocycles. The number of fused-ring (bicyclic) bond motifs is 9. The van der Waals surface area contributed by atoms with Gasteiger partial charge in [-0.2, -0.15) is 0 Å². The first kappa shape index (κ1) is 40.6. The first-order chi connectivity index (χ1) is 35.2. The molecule has 0 fully saturated rings. The minimum atomic E-state index is 0.875. The molecule has 12 aromatic carbocycles. The summed E-state index contributed by atoms with van der Waals surface area (Å²) >= 11 is 0. The third kappa shape index (κ3) is 6.89. The van der Waals surface area contributed by atoms with E-state index in [1.54, 1.807) is 0 Å². The van der Waals surface area contributed by atoms with Crippen molar-refractivity contribution >= 4 is 82.4 Å². The summed E-state index contributed by atoms with van der Waals surface area (Å²) < 4.78 is 8.83. The fraction of sp³-hybridized carbons (Fsp3) is 0. The van der Waals surface area contributed by atoms with Crippen molar-refractivity contribution in [1.82, 2.24) is 4.57 Å². The minimum Gasteiger partial charge on any atom is -0.456 e. The lowest BCUT2D eigenvalue weighted by Gasteiger charge is -2.30. The highest BCUT2D eigenvalue weighted by Gasteiger charge is 2.22. The molecule has 0 aliphatic rings. The minimum absolute atomic E-state index is 0.875. The maximum atomic E-state index is 6.44. The Hall–Kier alpha value is -9.44. The van der Waals surface area contributed by atoms with Crippen LogP contribution < -0.4 is 4.90 Å². The number of hydrogen-bond donors (Lipinski definition) is 0. The molecule has 14 rings (SSSR count). The number of benzene rings is 12. The molecule has 14 aromatic rings. The van der Waals surface area contributed by atoms with Crippen molar-refractivity contribution in [2.75, 3.05) is 4.90 Å². The van der Waals surface area contributed by atoms with Gasteiger partial charge in [0.15, 0.2) is 0 Å². The second-order valence-electron chi connectivity index (χ2n) is 18.4. The molecule has 2 heterocycles. The molecule has 0 bridgehead atoms. The summed E-state index contributed by atoms with van der Waals surface area (Å²) in [6.45, 7) is 0. The van der Waals surface area contributed by atoms with Gasteiger partial charge in [0.1, 0.15) is 11.2 Å². The Kier molecular flexibility index (Phi) is 9.53. The van der Waals surface area contributed by atoms with Crippen LogP contribution in [0.25, 0.3) is 115 Å². The van der Waals surface area contributed by atoms with Gasteiger partial charge in [0.25, 0.3) is 0 Å². The van der Waals surface area contributed by atoms with Crippen molar-refractivity contribution in [1.29, 1.82) is 0 Å². The Bertz CT molecular complexity index is 4290. The van der Waals surface area contributed by atoms with Gasteiger partial charge in [-0.05, 0) is 128 Å². The molecule has 0 radical (unpaired) electrons. The van der Waals surface area contributed by atoms with Crippen molar-refractivity contribution in [3.05, 3.63) is 267 Å². The summed E-state index contributed by atoms with van der Waals surface area (Å²) in [4.78, 5) is 2.43. The van der Waals surface area contributed by atoms with Gasteiger partial charge in [-0.1, -0.05) is 194 Å². The molecule has 3 heteroatoms. The van der Waals surface area contributed by atoms with Crippen LogP contribution >= 0.6 is 0 Å². The third-order valence-corrected chi connectivity index (χ3v) is 14.4. The van der Waals surface area contributed by atoms with E-state index in [9.17, 15) is 0 Å². The third-order valence-electron chi connectivity index (χ3n) is 14.4. The first-order valence-corrected chi connectivity index (χ1v) is 24.3. The van der Waals surface area contributed by atoms with Crippen LogP contribution in [-0.2, 0) is 0 Å². The molecule has 71 heavy (non-hydrogen) atoms. The van der Waals surface area contributed by atoms with E-state index in [-0.39, 0.29) is 0 Å². The number of rotatable bonds is 8. The number of anilines is 3. The predicted molar refractivity (Wildman–Crippen MR) is 299 cm³/mol. The fourth-order valence-corrected chi connectivity index (χ4v) is 11.0. The van der Waals surface area contributed by atoms with Crippen LogP contribution in [0.3, 0.4) is 0 Å². The van der Waals surface area contributed by atoms with Crippen molar-refractivity contribution in [3.63, 3.8) is 0 Å². The molecule has 0 amide bonds. The van der Waals surface area contributed by atoms with Crippen molar-refractivity contribution in [3.8, 4) is 50.2 Å². The summed E-state index contributed by atoms with van der Waals surface area (Å²) in [5, 5.41) is 9.75. The number of furan rings is 1. The van der Waals surface area contributed by atoms with Crippen LogP contribution in [0.1, 0.15) is 0 Å². The van der Waals surface area contributed by atoms with Crippen LogP contribution in [0.5, 0.6) is 0 Å². The maximum Gasteiger partial charge on any atom is 0.136 e. The topological polar surface area (TPSA) is 21.3 Å². The molecule has 3 nitrogen and oxygen atoms in total. The van der Waals surface area contributed by atoms with Crippen LogP contribution in [0, 0.1) is 0 Å². The average molecular weight is 905 g/mol. The lowest BCUT2D eigenvalue weighted by atomic mass is 9.95. The zero-order valence-electron chi connectivity index (χ0n) is 38.7. The van der Waals surface area contributed by atoms with Crippen LogP contribution in [0.4, 0.5) is 17.1 Å². The zero-order valence-corrected chi connectivity index (χ0v) is 38.7. The largest absolute Gasteiger partial charge is 0.456 e. The second kappa shape index (κ2) is 16.7. The smallest absolute Gasteiger partial charge is 0.136 e. The molecule has 0 unspecified atom stereocenters. The summed E-state index contributed by atoms with van der Waals surface area (Å²) in [5.41, 5.74) is 17.7. The second-order valence-corrected chi connectivity index (χ2v) is 18.4. The Morgan fingerprint density at radius 2 is 0.775 bits per heavy atom. The first-order valence-electron chi connectivity index (χ1n) is 24.3. The molecule has 0 spiro atoms. The lowest BCUT2D eigenvalue weighted by molar-refractivity contribution is 0.669. The van der Waals surface area contributed by atoms with E-state index in [0.29, 0.717) is 0 Å². The molecular formula is C68H44N2O. The Balaban J connectivity index is 0.856. The van der Waals surface area contributed by atoms with Gasteiger partial charge >= 0.3 is 0 Å². The van der Waals surface area contributed by atoms with Gasteiger partial charge in [0.05, 0.1) is 22.4 Å². The monoisotopic (exact) mass is 904 g/mol. The Morgan fingerprint density at radius 3 is 1.48 bits per heavy atom. The van der Waals surface area contributed by atoms with Crippen molar-refractivity contribution in [2.45, 2.75) is 0 Å². The van der Waals surface area contributed by atoms with Crippen LogP contribution in [-0.4, -0.2) is 4.57 Å². The van der Waals surface area contributed by atoms with Gasteiger partial charge in [0.2, 0.25) is 0 Å². The molecule has 2 aromatic heterocycles. The summed E-state index contributed by atoms with van der Waals surface area (Å²) in [6.07, 6.45) is 0. The van der Waals surface area contributed by atoms with E-state index < -0.39 is 0 Å². The highest BCUT2D eigenvalue weighted by molar-refractivity contribution is 6.11. The summed E-state index contributed by atoms with van der Waals surface area (Å²) in [6, 6.07) is 96.8. The van der Waals surface area contributed by atoms with Gasteiger partial charge < -0.3 is 13.9 Å². The van der Waals surface area contributed by atoms with Crippen molar-refractivity contribution < 1.29 is 4.42 Å². The Morgan fingerprint density at radius 1 is 0.282 bits per heavy atom. The molecule has 0 saturated heterocycles. The average Bonchev–Trinajstić information content (AvgIpc) is 3.99. The van der Waals surface area contributed by atoms with Gasteiger partial charge in [-0.15, -0.1) is 0 Å². The highest BCUT2D eigenvalue weighted by Crippen LogP contribution is 2.46. The summed E-state index contributed by atoms with van der Waals surface area (Å²) in [7, 11) is 0. The SMILES string of the molecule is c1cc(-c2ccc(-c3ccc(N(c4ccccc4-c4ccc5c(ccc6ccccc65)c4)c4ccccc4-c4ccc5c(c4)oc4ccccc45)cc3)cc2)cc(-n2c3ccccc3c3ccccc32)c1. The summed E-state index contributed by atoms with van der Waals surface area (Å²) in [5.74, 6) is 0. The predicted octanol–water partition coefficient (Wildman–Crippen LogP) is 19.1. The number of hydrogen-bond acceptors (Lipinski definition) is 2. The van der Waals surface area contributed by atoms with E-state index in [0.717, 1.165) is 78.1 Å². The molecule has 0 saturated carbocycles. The van der Waals surface area contributed by atoms with E-state index in [1.807, 2.05) is 12.1 Å². The lowest BCUT2D eigenvalue weighted by Crippen LogP contribution is -2.12. The molecule has 0 atom stereocenters. The molecule has 332 valence electrons. The molecular weight excluding hydrogens is 861 g/mol. The number of nitrogens with zero attached hydrogens (tertiary/aromatic N) is 2. The van der Waals surface area contributed by atoms with E-state index >= 15 is 0 Å². The normalized spacial score (nSPS) is 11.7.